The van der Waals surface area contributed by atoms with Gasteiger partial charge in [-0.15, -0.1) is 0 Å². The Bertz CT molecular complexity index is 3300. The maximum Gasteiger partial charge on any atom is 0.326 e. The Morgan fingerprint density at radius 1 is 0.397 bits per heavy atom. The Morgan fingerprint density at radius 2 is 0.741 bits per heavy atom. The number of rotatable bonds is 60. The minimum absolute atomic E-state index is 0.0158. The molecule has 1 rings (SSSR count). The number of nitrogens with zero attached hydrogens (tertiary/aromatic N) is 4. The van der Waals surface area contributed by atoms with E-state index in [0.29, 0.717) is 51.5 Å². The van der Waals surface area contributed by atoms with Crippen molar-refractivity contribution in [2.45, 2.75) is 241 Å². The van der Waals surface area contributed by atoms with Crippen molar-refractivity contribution in [1.82, 2.24) is 74.0 Å². The number of carbonyl (C=O) groups is 16. The van der Waals surface area contributed by atoms with Gasteiger partial charge in [0.15, 0.2) is 17.9 Å². The highest BCUT2D eigenvalue weighted by atomic mass is 16.4. The quantitative estimate of drug-likeness (QED) is 0.0153. The standard InChI is InChI=1S/C69H129N29O18/c1-37(2)53(64(113)95-47(66(115)116)20-8-12-28-73)97-62(111)46(23-15-31-84-69(80)81)94-63(112)49-24-16-32-98(49)65(114)48(36-99)96-54(103)38(3)87-51(101)34-85-57(106)41(21-13-29-82-67(76)77)92-60(109)44(18-6-10-26-71)90-55(104)39(4)88-59(108)43(17-5-9-25-70)89-52(102)35-86-58(107)42(22-14-30-83-68(78)79)93-61(110)45(19-7-11-27-72)91-56(105)40(74)33-50(75)100/h37-49,53,99H,5-36,70-74H2,1-4H3,(H2,75,100)(H,85,106)(H,86,107)(H,87,101)(H,88,108)(H,89,102)(H,90,104)(H,91,105)(H,92,109)(H,93,110)(H,94,112)(H,95,113)(H,96,103)(H,97,111)(H,115,116)(H4,76,77,82)(H4,78,79,83)(H4,80,81,84)/t38-,39-,40-,41-,42-,43-,44-,45-,46-,47-,48-,49-,53-/m0/s1. The predicted molar refractivity (Wildman–Crippen MR) is 426 cm³/mol. The summed E-state index contributed by atoms with van der Waals surface area (Å²) in [6.07, 6.45) is 2.93. The molecular weight excluding hydrogens is 1520 g/mol. The van der Waals surface area contributed by atoms with Crippen LogP contribution in [0.2, 0.25) is 0 Å². The second-order valence-corrected chi connectivity index (χ2v) is 28.2. The smallest absolute Gasteiger partial charge is 0.326 e. The van der Waals surface area contributed by atoms with Crippen molar-refractivity contribution in [3.63, 3.8) is 0 Å². The third-order valence-electron chi connectivity index (χ3n) is 18.1. The van der Waals surface area contributed by atoms with Gasteiger partial charge in [0.05, 0.1) is 32.2 Å². The molecule has 0 radical (unpaired) electrons. The maximum atomic E-state index is 14.2. The van der Waals surface area contributed by atoms with Gasteiger partial charge in [0.1, 0.15) is 72.5 Å². The van der Waals surface area contributed by atoms with Crippen LogP contribution in [0.3, 0.4) is 0 Å². The van der Waals surface area contributed by atoms with Crippen molar-refractivity contribution in [3.8, 4) is 0 Å². The molecule has 0 aromatic rings. The first kappa shape index (κ1) is 103. The molecule has 1 aliphatic heterocycles. The fraction of sp³-hybridized carbons (Fsp3) is 0.725. The van der Waals surface area contributed by atoms with Crippen molar-refractivity contribution >= 4 is 112 Å². The number of aliphatic hydroxyl groups is 1. The number of aliphatic imine (C=N–C) groups is 3. The highest BCUT2D eigenvalue weighted by Gasteiger charge is 2.41. The maximum absolute atomic E-state index is 14.2. The van der Waals surface area contributed by atoms with Gasteiger partial charge in [-0.2, -0.15) is 0 Å². The molecule has 0 aromatic heterocycles. The van der Waals surface area contributed by atoms with E-state index in [1.54, 1.807) is 13.8 Å². The number of primary amides is 1. The number of nitrogens with one attached hydrogen (secondary N) is 13. The topological polar surface area (TPSA) is 823 Å². The molecule has 0 spiro atoms. The molecule has 13 atom stereocenters. The van der Waals surface area contributed by atoms with Crippen LogP contribution >= 0.6 is 0 Å². The minimum atomic E-state index is -1.68. The Balaban J connectivity index is 3.32. The molecule has 15 amide bonds. The first-order valence-electron chi connectivity index (χ1n) is 38.9. The summed E-state index contributed by atoms with van der Waals surface area (Å²) in [5.74, 6) is -15.9. The van der Waals surface area contributed by atoms with Crippen LogP contribution in [0.5, 0.6) is 0 Å². The van der Waals surface area contributed by atoms with Crippen molar-refractivity contribution in [2.24, 2.45) is 89.7 Å². The normalized spacial score (nSPS) is 15.4. The number of carboxylic acids is 1. The van der Waals surface area contributed by atoms with Crippen molar-refractivity contribution < 1.29 is 86.9 Å². The average Bonchev–Trinajstić information content (AvgIpc) is 1.67. The summed E-state index contributed by atoms with van der Waals surface area (Å²) >= 11 is 0. The lowest BCUT2D eigenvalue weighted by Gasteiger charge is -2.30. The number of aliphatic hydroxyl groups excluding tert-OH is 1. The van der Waals surface area contributed by atoms with E-state index < -0.39 is 205 Å². The summed E-state index contributed by atoms with van der Waals surface area (Å²) in [7, 11) is 0. The molecule has 116 heavy (non-hydrogen) atoms. The highest BCUT2D eigenvalue weighted by molar-refractivity contribution is 6.00. The number of guanidine groups is 3. The first-order valence-corrected chi connectivity index (χ1v) is 38.9. The monoisotopic (exact) mass is 1650 g/mol. The van der Waals surface area contributed by atoms with Gasteiger partial charge in [-0.1, -0.05) is 13.8 Å². The van der Waals surface area contributed by atoms with E-state index in [1.807, 2.05) is 0 Å². The molecule has 0 aromatic carbocycles. The average molecular weight is 1650 g/mol. The van der Waals surface area contributed by atoms with E-state index in [0.717, 1.165) is 4.90 Å². The van der Waals surface area contributed by atoms with E-state index in [-0.39, 0.29) is 147 Å². The van der Waals surface area contributed by atoms with Crippen LogP contribution in [0.25, 0.3) is 0 Å². The van der Waals surface area contributed by atoms with E-state index in [1.165, 1.54) is 13.8 Å². The summed E-state index contributed by atoms with van der Waals surface area (Å²) in [5, 5.41) is 52.8. The largest absolute Gasteiger partial charge is 0.480 e. The molecule has 1 saturated heterocycles. The Morgan fingerprint density at radius 3 is 1.15 bits per heavy atom. The van der Waals surface area contributed by atoms with Crippen LogP contribution in [0.4, 0.5) is 0 Å². The molecule has 39 N–H and O–H groups in total. The van der Waals surface area contributed by atoms with E-state index in [2.05, 4.69) is 84.1 Å². The lowest BCUT2D eigenvalue weighted by molar-refractivity contribution is -0.143. The van der Waals surface area contributed by atoms with Crippen molar-refractivity contribution in [2.75, 3.05) is 72.1 Å². The van der Waals surface area contributed by atoms with Crippen LogP contribution in [-0.2, 0) is 76.7 Å². The van der Waals surface area contributed by atoms with E-state index in [9.17, 15) is 86.9 Å². The number of hydrogen-bond acceptors (Lipinski definition) is 25. The number of hydrogen-bond donors (Lipinski definition) is 27. The third-order valence-corrected chi connectivity index (χ3v) is 18.1. The number of aliphatic carboxylic acids is 1. The van der Waals surface area contributed by atoms with Gasteiger partial charge in [0.25, 0.3) is 0 Å². The molecule has 0 aliphatic carbocycles. The summed E-state index contributed by atoms with van der Waals surface area (Å²) in [6.45, 7) is 4.13. The van der Waals surface area contributed by atoms with Crippen molar-refractivity contribution in [1.29, 1.82) is 0 Å². The van der Waals surface area contributed by atoms with Crippen LogP contribution in [0, 0.1) is 5.92 Å². The molecule has 658 valence electrons. The van der Waals surface area contributed by atoms with Gasteiger partial charge in [0.2, 0.25) is 88.6 Å². The van der Waals surface area contributed by atoms with Crippen LogP contribution < -0.4 is 138 Å². The number of likely N-dealkylation sites (tertiary alicyclic amines) is 1. The first-order chi connectivity index (χ1) is 54.9. The van der Waals surface area contributed by atoms with Gasteiger partial charge in [0, 0.05) is 26.2 Å². The van der Waals surface area contributed by atoms with Gasteiger partial charge < -0.3 is 153 Å². The molecular formula is C69H129N29O18. The fourth-order valence-electron chi connectivity index (χ4n) is 11.6. The Kier molecular flexibility index (Phi) is 50.8. The van der Waals surface area contributed by atoms with Crippen molar-refractivity contribution in [3.05, 3.63) is 0 Å². The second kappa shape index (κ2) is 57.2. The number of amides is 15. The Labute approximate surface area is 673 Å². The zero-order valence-electron chi connectivity index (χ0n) is 66.9. The number of nitrogens with two attached hydrogens (primary N) is 12. The molecule has 0 bridgehead atoms. The van der Waals surface area contributed by atoms with E-state index in [4.69, 9.17) is 68.8 Å². The fourth-order valence-corrected chi connectivity index (χ4v) is 11.6. The van der Waals surface area contributed by atoms with Gasteiger partial charge in [-0.05, 0) is 174 Å². The van der Waals surface area contributed by atoms with Gasteiger partial charge >= 0.3 is 5.97 Å². The SMILES string of the molecule is CC(C)[C@H](NC(=O)[C@H](CCCN=C(N)N)NC(=O)[C@@H]1CCCN1C(=O)[C@H](CO)NC(=O)[C@H](C)NC(=O)CNC(=O)[C@H](CCCN=C(N)N)NC(=O)[C@H](CCCCN)NC(=O)[C@H](C)NC(=O)[C@H](CCCCN)NC(=O)CNC(=O)[C@H](CCCN=C(N)N)NC(=O)[C@H](CCCCN)NC(=O)[C@@H](N)CC(N)=O)C(=O)N[C@@H](CCCCN)C(=O)O. The number of carboxylic acid groups (broad SMARTS) is 1. The lowest BCUT2D eigenvalue weighted by atomic mass is 10.0. The molecule has 47 heteroatoms. The zero-order valence-corrected chi connectivity index (χ0v) is 66.9. The second-order valence-electron chi connectivity index (χ2n) is 28.2. The van der Waals surface area contributed by atoms with E-state index >= 15 is 0 Å². The van der Waals surface area contributed by atoms with Gasteiger partial charge in [-0.25, -0.2) is 4.79 Å². The predicted octanol–water partition coefficient (Wildman–Crippen LogP) is -11.8. The molecule has 1 heterocycles. The zero-order chi connectivity index (χ0) is 87.6. The van der Waals surface area contributed by atoms with Crippen LogP contribution in [-0.4, -0.2) is 278 Å². The minimum Gasteiger partial charge on any atom is -0.480 e. The molecule has 1 aliphatic rings. The molecule has 1 fully saturated rings. The van der Waals surface area contributed by atoms with Crippen LogP contribution in [0.1, 0.15) is 163 Å². The summed E-state index contributed by atoms with van der Waals surface area (Å²) in [5.41, 5.74) is 66.7. The molecule has 0 saturated carbocycles. The Hall–Kier alpha value is -10.9. The molecule has 47 nitrogen and oxygen atoms in total. The third kappa shape index (κ3) is 41.9. The lowest BCUT2D eigenvalue weighted by Crippen LogP contribution is -2.60. The molecule has 0 unspecified atom stereocenters. The number of carbonyl (C=O) groups excluding carboxylic acids is 15. The van der Waals surface area contributed by atoms with Gasteiger partial charge in [-0.3, -0.25) is 86.9 Å². The summed E-state index contributed by atoms with van der Waals surface area (Å²) in [4.78, 5) is 229. The number of unbranched alkanes of at least 4 members (excludes halogenated alkanes) is 4. The highest BCUT2D eigenvalue weighted by Crippen LogP contribution is 2.20. The van der Waals surface area contributed by atoms with Crippen LogP contribution in [0.15, 0.2) is 15.0 Å². The summed E-state index contributed by atoms with van der Waals surface area (Å²) < 4.78 is 0. The summed E-state index contributed by atoms with van der Waals surface area (Å²) in [6, 6.07) is -17.9.